The summed E-state index contributed by atoms with van der Waals surface area (Å²) in [6.45, 7) is 4.72. The van der Waals surface area contributed by atoms with Crippen LogP contribution in [-0.4, -0.2) is 45.6 Å². The lowest BCUT2D eigenvalue weighted by Gasteiger charge is -2.08. The Bertz CT molecular complexity index is 165. The first-order chi connectivity index (χ1) is 8.06. The Kier molecular flexibility index (Phi) is 10.6. The minimum Gasteiger partial charge on any atom is -0.372 e. The Morgan fingerprint density at radius 1 is 0.941 bits per heavy atom. The highest BCUT2D eigenvalue weighted by atomic mass is 19.4. The molecule has 0 radical (unpaired) electrons. The van der Waals surface area contributed by atoms with E-state index in [0.29, 0.717) is 13.0 Å². The number of hydrogen-bond acceptors (Lipinski definition) is 3. The maximum atomic E-state index is 11.7. The summed E-state index contributed by atoms with van der Waals surface area (Å²) in [5, 5.41) is 6.43. The van der Waals surface area contributed by atoms with E-state index in [1.54, 1.807) is 0 Å². The van der Waals surface area contributed by atoms with Crippen LogP contribution in [0.15, 0.2) is 0 Å². The predicted octanol–water partition coefficient (Wildman–Crippen LogP) is 1.93. The summed E-state index contributed by atoms with van der Waals surface area (Å²) in [5.41, 5.74) is 0. The molecular weight excluding hydrogens is 233 g/mol. The normalized spacial score (nSPS) is 12.0. The van der Waals surface area contributed by atoms with Gasteiger partial charge in [0, 0.05) is 6.61 Å². The molecular formula is C11H23F3N2O. The van der Waals surface area contributed by atoms with E-state index in [4.69, 9.17) is 0 Å². The van der Waals surface area contributed by atoms with Gasteiger partial charge in [0.1, 0.15) is 6.61 Å². The van der Waals surface area contributed by atoms with Crippen molar-refractivity contribution in [1.82, 2.24) is 10.6 Å². The Balaban J connectivity index is 2.99. The van der Waals surface area contributed by atoms with Crippen molar-refractivity contribution in [1.29, 1.82) is 0 Å². The van der Waals surface area contributed by atoms with E-state index in [-0.39, 0.29) is 6.61 Å². The van der Waals surface area contributed by atoms with Gasteiger partial charge in [-0.2, -0.15) is 13.2 Å². The number of nitrogens with one attached hydrogen (secondary N) is 2. The third-order valence-electron chi connectivity index (χ3n) is 2.04. The minimum atomic E-state index is -4.21. The quantitative estimate of drug-likeness (QED) is 0.554. The van der Waals surface area contributed by atoms with Crippen LogP contribution < -0.4 is 10.6 Å². The third-order valence-corrected chi connectivity index (χ3v) is 2.04. The highest BCUT2D eigenvalue weighted by Gasteiger charge is 2.26. The average Bonchev–Trinajstić information content (AvgIpc) is 2.24. The van der Waals surface area contributed by atoms with Crippen LogP contribution in [0.3, 0.4) is 0 Å². The van der Waals surface area contributed by atoms with Crippen LogP contribution >= 0.6 is 0 Å². The molecule has 0 aromatic heterocycles. The standard InChI is InChI=1S/C11H23F3N2O/c1-2-5-15-6-3-7-16-8-4-9-17-10-11(12,13)14/h15-16H,2-10H2,1H3. The Morgan fingerprint density at radius 3 is 2.12 bits per heavy atom. The lowest BCUT2D eigenvalue weighted by Crippen LogP contribution is -2.24. The summed E-state index contributed by atoms with van der Waals surface area (Å²) in [6.07, 6.45) is -1.44. The van der Waals surface area contributed by atoms with Gasteiger partial charge in [-0.25, -0.2) is 0 Å². The average molecular weight is 256 g/mol. The van der Waals surface area contributed by atoms with E-state index < -0.39 is 12.8 Å². The molecule has 0 heterocycles. The van der Waals surface area contributed by atoms with E-state index in [2.05, 4.69) is 22.3 Å². The molecule has 104 valence electrons. The number of rotatable bonds is 11. The van der Waals surface area contributed by atoms with Crippen molar-refractivity contribution >= 4 is 0 Å². The molecule has 0 bridgehead atoms. The Morgan fingerprint density at radius 2 is 1.53 bits per heavy atom. The Hall–Kier alpha value is -0.330. The molecule has 0 aliphatic carbocycles. The smallest absolute Gasteiger partial charge is 0.372 e. The molecule has 6 heteroatoms. The van der Waals surface area contributed by atoms with Gasteiger partial charge in [0.15, 0.2) is 0 Å². The van der Waals surface area contributed by atoms with Gasteiger partial charge in [0.05, 0.1) is 0 Å². The van der Waals surface area contributed by atoms with Crippen LogP contribution in [0, 0.1) is 0 Å². The predicted molar refractivity (Wildman–Crippen MR) is 62.1 cm³/mol. The van der Waals surface area contributed by atoms with Gasteiger partial charge in [-0.1, -0.05) is 6.92 Å². The van der Waals surface area contributed by atoms with Gasteiger partial charge < -0.3 is 15.4 Å². The molecule has 0 atom stereocenters. The summed E-state index contributed by atoms with van der Waals surface area (Å²) in [4.78, 5) is 0. The molecule has 0 fully saturated rings. The summed E-state index contributed by atoms with van der Waals surface area (Å²) in [6, 6.07) is 0. The molecule has 0 unspecified atom stereocenters. The van der Waals surface area contributed by atoms with Gasteiger partial charge in [-0.3, -0.25) is 0 Å². The van der Waals surface area contributed by atoms with Gasteiger partial charge in [0.25, 0.3) is 0 Å². The van der Waals surface area contributed by atoms with E-state index in [9.17, 15) is 13.2 Å². The molecule has 0 amide bonds. The van der Waals surface area contributed by atoms with Gasteiger partial charge >= 0.3 is 6.18 Å². The molecule has 0 aliphatic heterocycles. The summed E-state index contributed by atoms with van der Waals surface area (Å²) < 4.78 is 39.5. The fraction of sp³-hybridized carbons (Fsp3) is 1.00. The van der Waals surface area contributed by atoms with Gasteiger partial charge in [0.2, 0.25) is 0 Å². The van der Waals surface area contributed by atoms with Crippen molar-refractivity contribution in [3.63, 3.8) is 0 Å². The summed E-state index contributed by atoms with van der Waals surface area (Å²) in [5.74, 6) is 0. The van der Waals surface area contributed by atoms with Crippen molar-refractivity contribution in [2.45, 2.75) is 32.4 Å². The maximum absolute atomic E-state index is 11.7. The second-order valence-electron chi connectivity index (χ2n) is 3.87. The first-order valence-corrected chi connectivity index (χ1v) is 6.12. The molecule has 2 N–H and O–H groups in total. The lowest BCUT2D eigenvalue weighted by atomic mass is 10.3. The fourth-order valence-corrected chi connectivity index (χ4v) is 1.25. The first-order valence-electron chi connectivity index (χ1n) is 6.12. The molecule has 0 saturated heterocycles. The first kappa shape index (κ1) is 16.7. The van der Waals surface area contributed by atoms with Crippen LogP contribution in [0.2, 0.25) is 0 Å². The van der Waals surface area contributed by atoms with Crippen molar-refractivity contribution in [2.24, 2.45) is 0 Å². The van der Waals surface area contributed by atoms with Gasteiger partial charge in [-0.05, 0) is 45.4 Å². The van der Waals surface area contributed by atoms with E-state index >= 15 is 0 Å². The molecule has 0 saturated carbocycles. The van der Waals surface area contributed by atoms with Crippen LogP contribution in [0.5, 0.6) is 0 Å². The molecule has 3 nitrogen and oxygen atoms in total. The zero-order valence-electron chi connectivity index (χ0n) is 10.4. The van der Waals surface area contributed by atoms with Crippen LogP contribution in [0.1, 0.15) is 26.2 Å². The SMILES string of the molecule is CCCNCCCNCCCOCC(F)(F)F. The second kappa shape index (κ2) is 10.8. The van der Waals surface area contributed by atoms with Crippen molar-refractivity contribution in [2.75, 3.05) is 39.4 Å². The summed E-state index contributed by atoms with van der Waals surface area (Å²) >= 11 is 0. The minimum absolute atomic E-state index is 0.153. The number of hydrogen-bond donors (Lipinski definition) is 2. The van der Waals surface area contributed by atoms with Crippen molar-refractivity contribution < 1.29 is 17.9 Å². The van der Waals surface area contributed by atoms with E-state index in [1.165, 1.54) is 0 Å². The fourth-order valence-electron chi connectivity index (χ4n) is 1.25. The zero-order valence-corrected chi connectivity index (χ0v) is 10.4. The monoisotopic (exact) mass is 256 g/mol. The molecule has 17 heavy (non-hydrogen) atoms. The van der Waals surface area contributed by atoms with E-state index in [1.807, 2.05) is 0 Å². The van der Waals surface area contributed by atoms with Crippen LogP contribution in [0.4, 0.5) is 13.2 Å². The van der Waals surface area contributed by atoms with Gasteiger partial charge in [-0.15, -0.1) is 0 Å². The molecule has 0 aromatic carbocycles. The molecule has 0 aliphatic rings. The number of halogens is 3. The van der Waals surface area contributed by atoms with Crippen LogP contribution in [-0.2, 0) is 4.74 Å². The van der Waals surface area contributed by atoms with Crippen molar-refractivity contribution in [3.8, 4) is 0 Å². The summed E-state index contributed by atoms with van der Waals surface area (Å²) in [7, 11) is 0. The van der Waals surface area contributed by atoms with Crippen molar-refractivity contribution in [3.05, 3.63) is 0 Å². The highest BCUT2D eigenvalue weighted by molar-refractivity contribution is 4.52. The van der Waals surface area contributed by atoms with Crippen LogP contribution in [0.25, 0.3) is 0 Å². The topological polar surface area (TPSA) is 33.3 Å². The number of alkyl halides is 3. The second-order valence-corrected chi connectivity index (χ2v) is 3.87. The number of ether oxygens (including phenoxy) is 1. The zero-order chi connectivity index (χ0) is 13.0. The molecule has 0 spiro atoms. The van der Waals surface area contributed by atoms with E-state index in [0.717, 1.165) is 32.5 Å². The molecule has 0 rings (SSSR count). The highest BCUT2D eigenvalue weighted by Crippen LogP contribution is 2.14. The largest absolute Gasteiger partial charge is 0.411 e. The lowest BCUT2D eigenvalue weighted by molar-refractivity contribution is -0.173. The Labute approximate surface area is 101 Å². The molecule has 0 aromatic rings. The third kappa shape index (κ3) is 15.7. The maximum Gasteiger partial charge on any atom is 0.411 e.